The van der Waals surface area contributed by atoms with Gasteiger partial charge in [-0.3, -0.25) is 9.59 Å². The maximum absolute atomic E-state index is 13.0. The number of hydrogen-bond acceptors (Lipinski definition) is 3. The van der Waals surface area contributed by atoms with Crippen LogP contribution in [0.15, 0.2) is 24.3 Å². The molecule has 22 heavy (non-hydrogen) atoms. The molecule has 5 nitrogen and oxygen atoms in total. The Bertz CT molecular complexity index is 703. The molecule has 1 aromatic rings. The van der Waals surface area contributed by atoms with Crippen LogP contribution < -0.4 is 10.1 Å². The molecule has 114 valence electrons. The summed E-state index contributed by atoms with van der Waals surface area (Å²) in [6.45, 7) is 2.38. The van der Waals surface area contributed by atoms with Gasteiger partial charge in [0.25, 0.3) is 17.4 Å². The fraction of sp³-hybridized carbons (Fsp3) is 0.529. The summed E-state index contributed by atoms with van der Waals surface area (Å²) in [6, 6.07) is 7.57. The average molecular weight is 298 g/mol. The highest BCUT2D eigenvalue weighted by atomic mass is 16.5. The van der Waals surface area contributed by atoms with Crippen molar-refractivity contribution in [1.82, 2.24) is 4.90 Å². The van der Waals surface area contributed by atoms with Crippen molar-refractivity contribution in [2.24, 2.45) is 17.8 Å². The van der Waals surface area contributed by atoms with E-state index < -0.39 is 5.60 Å². The van der Waals surface area contributed by atoms with E-state index in [1.807, 2.05) is 17.0 Å². The number of fused-ring (bicyclic) bond motifs is 6. The van der Waals surface area contributed by atoms with Gasteiger partial charge in [-0.1, -0.05) is 12.1 Å². The molecule has 1 saturated heterocycles. The third-order valence-corrected chi connectivity index (χ3v) is 5.92. The third kappa shape index (κ3) is 1.44. The molecule has 5 atom stereocenters. The van der Waals surface area contributed by atoms with Crippen LogP contribution in [0.25, 0.3) is 0 Å². The molecule has 2 heterocycles. The number of nitrogens with zero attached hydrogens (tertiary/aromatic N) is 1. The fourth-order valence-corrected chi connectivity index (χ4v) is 4.65. The summed E-state index contributed by atoms with van der Waals surface area (Å²) in [7, 11) is 0. The SMILES string of the molecule is CC1(C(=O)N2C[C@@H]3C[C@H]2[C@H]2C[C@@H]32)Oc2ccccc2NC1=O. The highest BCUT2D eigenvalue weighted by Crippen LogP contribution is 2.61. The molecule has 0 radical (unpaired) electrons. The summed E-state index contributed by atoms with van der Waals surface area (Å²) in [5.41, 5.74) is -0.827. The first-order chi connectivity index (χ1) is 10.6. The minimum atomic E-state index is -1.46. The summed E-state index contributed by atoms with van der Waals surface area (Å²) < 4.78 is 5.86. The monoisotopic (exact) mass is 298 g/mol. The van der Waals surface area contributed by atoms with Crippen LogP contribution in [-0.4, -0.2) is 34.9 Å². The molecule has 1 N–H and O–H groups in total. The minimum absolute atomic E-state index is 0.183. The summed E-state index contributed by atoms with van der Waals surface area (Å²) >= 11 is 0. The van der Waals surface area contributed by atoms with Gasteiger partial charge in [-0.15, -0.1) is 0 Å². The second kappa shape index (κ2) is 3.83. The van der Waals surface area contributed by atoms with Gasteiger partial charge in [0.1, 0.15) is 5.75 Å². The Hall–Kier alpha value is -2.04. The molecule has 3 fully saturated rings. The first-order valence-corrected chi connectivity index (χ1v) is 7.98. The van der Waals surface area contributed by atoms with Gasteiger partial charge in [-0.25, -0.2) is 0 Å². The standard InChI is InChI=1S/C17H18N2O3/c1-17(15(20)18-12-4-2-3-5-14(12)22-17)16(21)19-8-9-6-13(19)11-7-10(9)11/h2-5,9-11,13H,6-8H2,1H3,(H,18,20)/t9-,10-,11-,13-,17?/m0/s1. The zero-order chi connectivity index (χ0) is 15.1. The van der Waals surface area contributed by atoms with Crippen molar-refractivity contribution in [3.8, 4) is 5.75 Å². The van der Waals surface area contributed by atoms with Crippen LogP contribution in [0.4, 0.5) is 5.69 Å². The molecule has 2 bridgehead atoms. The van der Waals surface area contributed by atoms with Crippen LogP contribution in [0, 0.1) is 17.8 Å². The van der Waals surface area contributed by atoms with Crippen molar-refractivity contribution < 1.29 is 14.3 Å². The Balaban J connectivity index is 1.47. The van der Waals surface area contributed by atoms with Gasteiger partial charge in [0.2, 0.25) is 0 Å². The zero-order valence-electron chi connectivity index (χ0n) is 12.4. The van der Waals surface area contributed by atoms with E-state index in [0.717, 1.165) is 18.9 Å². The van der Waals surface area contributed by atoms with E-state index in [9.17, 15) is 9.59 Å². The number of benzene rings is 1. The van der Waals surface area contributed by atoms with Gasteiger partial charge >= 0.3 is 0 Å². The number of amides is 2. The first kappa shape index (κ1) is 12.5. The molecule has 0 spiro atoms. The molecule has 4 aliphatic rings. The van der Waals surface area contributed by atoms with Crippen LogP contribution in [0.3, 0.4) is 0 Å². The minimum Gasteiger partial charge on any atom is -0.466 e. The van der Waals surface area contributed by atoms with Crippen LogP contribution in [0.1, 0.15) is 19.8 Å². The number of likely N-dealkylation sites (tertiary alicyclic amines) is 1. The topological polar surface area (TPSA) is 58.6 Å². The molecule has 2 aliphatic heterocycles. The molecule has 5 rings (SSSR count). The molecular weight excluding hydrogens is 280 g/mol. The van der Waals surface area contributed by atoms with Gasteiger partial charge in [0.05, 0.1) is 5.69 Å². The van der Waals surface area contributed by atoms with Crippen molar-refractivity contribution in [3.05, 3.63) is 24.3 Å². The maximum Gasteiger partial charge on any atom is 0.278 e. The lowest BCUT2D eigenvalue weighted by molar-refractivity contribution is -0.156. The number of ether oxygens (including phenoxy) is 1. The molecule has 1 unspecified atom stereocenters. The van der Waals surface area contributed by atoms with Gasteiger partial charge in [-0.05, 0) is 49.7 Å². The molecule has 2 saturated carbocycles. The third-order valence-electron chi connectivity index (χ3n) is 5.92. The van der Waals surface area contributed by atoms with Crippen LogP contribution in [0.5, 0.6) is 5.75 Å². The Morgan fingerprint density at radius 3 is 2.91 bits per heavy atom. The molecule has 1 aromatic carbocycles. The normalized spacial score (nSPS) is 40.6. The lowest BCUT2D eigenvalue weighted by Gasteiger charge is -2.38. The smallest absolute Gasteiger partial charge is 0.278 e. The molecule has 2 aliphatic carbocycles. The summed E-state index contributed by atoms with van der Waals surface area (Å²) in [5, 5.41) is 2.81. The largest absolute Gasteiger partial charge is 0.466 e. The van der Waals surface area contributed by atoms with Crippen LogP contribution in [-0.2, 0) is 9.59 Å². The number of carbonyl (C=O) groups is 2. The number of anilines is 1. The predicted molar refractivity (Wildman–Crippen MR) is 79.3 cm³/mol. The van der Waals surface area contributed by atoms with E-state index in [1.165, 1.54) is 6.42 Å². The van der Waals surface area contributed by atoms with E-state index in [2.05, 4.69) is 5.32 Å². The highest BCUT2D eigenvalue weighted by molar-refractivity contribution is 6.15. The summed E-state index contributed by atoms with van der Waals surface area (Å²) in [6.07, 6.45) is 2.36. The second-order valence-electron chi connectivity index (χ2n) is 7.17. The number of para-hydroxylation sites is 2. The van der Waals surface area contributed by atoms with Gasteiger partial charge in [0, 0.05) is 12.6 Å². The van der Waals surface area contributed by atoms with Crippen LogP contribution >= 0.6 is 0 Å². The number of hydrogen-bond donors (Lipinski definition) is 1. The maximum atomic E-state index is 13.0. The Morgan fingerprint density at radius 2 is 2.14 bits per heavy atom. The van der Waals surface area contributed by atoms with Crippen LogP contribution in [0.2, 0.25) is 0 Å². The van der Waals surface area contributed by atoms with Crippen molar-refractivity contribution in [2.45, 2.75) is 31.4 Å². The Morgan fingerprint density at radius 1 is 1.32 bits per heavy atom. The fourth-order valence-electron chi connectivity index (χ4n) is 4.65. The first-order valence-electron chi connectivity index (χ1n) is 7.98. The van der Waals surface area contributed by atoms with E-state index in [-0.39, 0.29) is 11.8 Å². The van der Waals surface area contributed by atoms with Crippen molar-refractivity contribution in [3.63, 3.8) is 0 Å². The number of piperidine rings is 1. The molecule has 2 amide bonds. The lowest BCUT2D eigenvalue weighted by atomic mass is 9.99. The number of carbonyl (C=O) groups excluding carboxylic acids is 2. The zero-order valence-corrected chi connectivity index (χ0v) is 12.4. The van der Waals surface area contributed by atoms with E-state index in [1.54, 1.807) is 19.1 Å². The average Bonchev–Trinajstić information content (AvgIpc) is 3.12. The predicted octanol–water partition coefficient (Wildman–Crippen LogP) is 1.64. The van der Waals surface area contributed by atoms with Crippen molar-refractivity contribution >= 4 is 17.5 Å². The molecule has 0 aromatic heterocycles. The quantitative estimate of drug-likeness (QED) is 0.802. The van der Waals surface area contributed by atoms with Gasteiger partial charge in [0.15, 0.2) is 0 Å². The Kier molecular flexibility index (Phi) is 2.18. The van der Waals surface area contributed by atoms with Crippen molar-refractivity contribution in [2.75, 3.05) is 11.9 Å². The second-order valence-corrected chi connectivity index (χ2v) is 7.17. The van der Waals surface area contributed by atoms with E-state index in [4.69, 9.17) is 4.74 Å². The molecule has 5 heteroatoms. The summed E-state index contributed by atoms with van der Waals surface area (Å²) in [4.78, 5) is 27.4. The lowest BCUT2D eigenvalue weighted by Crippen LogP contribution is -2.61. The Labute approximate surface area is 128 Å². The number of rotatable bonds is 1. The molecular formula is C17H18N2O3. The van der Waals surface area contributed by atoms with E-state index in [0.29, 0.717) is 29.3 Å². The number of nitrogens with one attached hydrogen (secondary N) is 1. The summed E-state index contributed by atoms with van der Waals surface area (Å²) in [5.74, 6) is 2.16. The highest BCUT2D eigenvalue weighted by Gasteiger charge is 2.64. The van der Waals surface area contributed by atoms with Gasteiger partial charge < -0.3 is 15.0 Å². The van der Waals surface area contributed by atoms with Crippen molar-refractivity contribution in [1.29, 1.82) is 0 Å². The van der Waals surface area contributed by atoms with E-state index >= 15 is 0 Å². The van der Waals surface area contributed by atoms with Gasteiger partial charge in [-0.2, -0.15) is 0 Å².